The summed E-state index contributed by atoms with van der Waals surface area (Å²) in [4.78, 5) is 46.5. The molecule has 0 spiro atoms. The van der Waals surface area contributed by atoms with Gasteiger partial charge in [-0.3, -0.25) is 14.9 Å². The van der Waals surface area contributed by atoms with Gasteiger partial charge in [-0.25, -0.2) is 14.8 Å². The molecule has 3 N–H and O–H groups in total. The van der Waals surface area contributed by atoms with Crippen molar-refractivity contribution >= 4 is 23.7 Å². The number of aliphatic carboxylic acids is 1. The van der Waals surface area contributed by atoms with Crippen molar-refractivity contribution in [2.24, 2.45) is 5.92 Å². The molecule has 9 heteroatoms. The molecular weight excluding hydrogens is 398 g/mol. The van der Waals surface area contributed by atoms with Crippen molar-refractivity contribution in [3.63, 3.8) is 0 Å². The predicted molar refractivity (Wildman–Crippen MR) is 113 cm³/mol. The molecule has 162 valence electrons. The number of fused-ring (bicyclic) bond motifs is 1. The lowest BCUT2D eigenvalue weighted by molar-refractivity contribution is -0.143. The lowest BCUT2D eigenvalue weighted by atomic mass is 9.99. The van der Waals surface area contributed by atoms with Crippen molar-refractivity contribution in [2.45, 2.75) is 38.6 Å². The zero-order chi connectivity index (χ0) is 22.0. The highest BCUT2D eigenvalue weighted by atomic mass is 16.4. The van der Waals surface area contributed by atoms with Gasteiger partial charge >= 0.3 is 12.0 Å². The molecule has 4 rings (SSSR count). The molecule has 1 aliphatic carbocycles. The number of carboxylic acids is 1. The van der Waals surface area contributed by atoms with E-state index in [2.05, 4.69) is 38.8 Å². The first-order chi connectivity index (χ1) is 14.9. The van der Waals surface area contributed by atoms with Gasteiger partial charge in [-0.15, -0.1) is 0 Å². The molecule has 1 saturated heterocycles. The molecule has 1 aromatic heterocycles. The fourth-order valence-electron chi connectivity index (χ4n) is 4.24. The van der Waals surface area contributed by atoms with Crippen molar-refractivity contribution in [2.75, 3.05) is 18.4 Å². The van der Waals surface area contributed by atoms with Crippen LogP contribution in [-0.2, 0) is 17.6 Å². The number of rotatable bonds is 4. The maximum absolute atomic E-state index is 12.9. The van der Waals surface area contributed by atoms with Gasteiger partial charge in [-0.1, -0.05) is 23.8 Å². The van der Waals surface area contributed by atoms with Gasteiger partial charge in [0, 0.05) is 31.5 Å². The Labute approximate surface area is 179 Å². The summed E-state index contributed by atoms with van der Waals surface area (Å²) in [6.07, 6.45) is 5.44. The summed E-state index contributed by atoms with van der Waals surface area (Å²) in [6.45, 7) is 2.63. The Bertz CT molecular complexity index is 1020. The Hall–Kier alpha value is -3.49. The van der Waals surface area contributed by atoms with Crippen molar-refractivity contribution < 1.29 is 19.5 Å². The topological polar surface area (TPSA) is 125 Å². The molecule has 9 nitrogen and oxygen atoms in total. The molecule has 2 atom stereocenters. The van der Waals surface area contributed by atoms with Crippen LogP contribution in [0.25, 0.3) is 0 Å². The summed E-state index contributed by atoms with van der Waals surface area (Å²) in [5.41, 5.74) is 3.68. The minimum Gasteiger partial charge on any atom is -0.481 e. The predicted octanol–water partition coefficient (Wildman–Crippen LogP) is 2.01. The molecule has 0 saturated carbocycles. The Kier molecular flexibility index (Phi) is 5.83. The van der Waals surface area contributed by atoms with Crippen LogP contribution in [0, 0.1) is 12.8 Å². The molecule has 2 unspecified atom stereocenters. The average molecular weight is 423 g/mol. The van der Waals surface area contributed by atoms with E-state index < -0.39 is 23.8 Å². The minimum absolute atomic E-state index is 0.0368. The maximum atomic E-state index is 12.9. The number of hydrogen-bond donors (Lipinski definition) is 3. The molecule has 0 radical (unpaired) electrons. The Morgan fingerprint density at radius 1 is 1.13 bits per heavy atom. The number of piperidine rings is 1. The van der Waals surface area contributed by atoms with E-state index in [9.17, 15) is 19.5 Å². The lowest BCUT2D eigenvalue weighted by Gasteiger charge is -2.30. The number of urea groups is 1. The van der Waals surface area contributed by atoms with Gasteiger partial charge < -0.3 is 15.3 Å². The third-order valence-corrected chi connectivity index (χ3v) is 5.83. The quantitative estimate of drug-likeness (QED) is 0.691. The third kappa shape index (κ3) is 4.65. The molecule has 3 amide bonds. The van der Waals surface area contributed by atoms with Gasteiger partial charge in [0.2, 0.25) is 0 Å². The summed E-state index contributed by atoms with van der Waals surface area (Å²) in [6, 6.07) is 5.76. The largest absolute Gasteiger partial charge is 0.481 e. The van der Waals surface area contributed by atoms with E-state index in [1.165, 1.54) is 34.0 Å². The summed E-state index contributed by atoms with van der Waals surface area (Å²) < 4.78 is 0. The van der Waals surface area contributed by atoms with E-state index in [1.807, 2.05) is 6.92 Å². The van der Waals surface area contributed by atoms with Crippen LogP contribution in [-0.4, -0.2) is 57.0 Å². The normalized spacial score (nSPS) is 20.1. The first-order valence-electron chi connectivity index (χ1n) is 10.4. The summed E-state index contributed by atoms with van der Waals surface area (Å²) in [5, 5.41) is 14.8. The van der Waals surface area contributed by atoms with E-state index in [4.69, 9.17) is 0 Å². The van der Waals surface area contributed by atoms with Gasteiger partial charge in [0.1, 0.15) is 0 Å². The number of nitrogens with one attached hydrogen (secondary N) is 2. The van der Waals surface area contributed by atoms with Crippen molar-refractivity contribution in [3.8, 4) is 0 Å². The second kappa shape index (κ2) is 8.71. The van der Waals surface area contributed by atoms with Crippen LogP contribution in [0.5, 0.6) is 0 Å². The number of carbonyl (C=O) groups excluding carboxylic acids is 2. The summed E-state index contributed by atoms with van der Waals surface area (Å²) in [5.74, 6) is -1.84. The van der Waals surface area contributed by atoms with E-state index in [-0.39, 0.29) is 24.1 Å². The standard InChI is InChI=1S/C22H25N5O4/c1-13-4-5-14-10-17(11-16(14)9-13)25-20(28)18-19(24-7-6-23-18)26-22(31)27-8-2-3-15(12-27)21(29)30/h4-7,9,15,17H,2-3,8,10-12H2,1H3,(H,25,28)(H,29,30)(H,24,26,31). The first kappa shape index (κ1) is 20.8. The second-order valence-corrected chi connectivity index (χ2v) is 8.16. The maximum Gasteiger partial charge on any atom is 0.323 e. The SMILES string of the molecule is Cc1ccc2c(c1)CC(NC(=O)c1nccnc1NC(=O)N1CCCC(C(=O)O)C1)C2. The highest BCUT2D eigenvalue weighted by Crippen LogP contribution is 2.24. The molecule has 1 aliphatic heterocycles. The number of benzene rings is 1. The Balaban J connectivity index is 1.42. The zero-order valence-electron chi connectivity index (χ0n) is 17.3. The van der Waals surface area contributed by atoms with E-state index in [1.54, 1.807) is 0 Å². The number of anilines is 1. The van der Waals surface area contributed by atoms with Crippen LogP contribution in [0.1, 0.15) is 40.0 Å². The zero-order valence-corrected chi connectivity index (χ0v) is 17.3. The molecule has 1 aromatic carbocycles. The van der Waals surface area contributed by atoms with Crippen LogP contribution < -0.4 is 10.6 Å². The van der Waals surface area contributed by atoms with Crippen LogP contribution in [0.4, 0.5) is 10.6 Å². The molecular formula is C22H25N5O4. The van der Waals surface area contributed by atoms with Crippen LogP contribution >= 0.6 is 0 Å². The smallest absolute Gasteiger partial charge is 0.323 e. The van der Waals surface area contributed by atoms with Gasteiger partial charge in [-0.2, -0.15) is 0 Å². The minimum atomic E-state index is -0.912. The van der Waals surface area contributed by atoms with Gasteiger partial charge in [0.25, 0.3) is 5.91 Å². The number of nitrogens with zero attached hydrogens (tertiary/aromatic N) is 3. The molecule has 1 fully saturated rings. The number of aryl methyl sites for hydroxylation is 1. The van der Waals surface area contributed by atoms with Crippen LogP contribution in [0.2, 0.25) is 0 Å². The highest BCUT2D eigenvalue weighted by molar-refractivity contribution is 6.01. The average Bonchev–Trinajstić information content (AvgIpc) is 3.15. The van der Waals surface area contributed by atoms with Crippen molar-refractivity contribution in [1.29, 1.82) is 0 Å². The number of hydrogen-bond acceptors (Lipinski definition) is 5. The van der Waals surface area contributed by atoms with Gasteiger partial charge in [0.15, 0.2) is 11.5 Å². The third-order valence-electron chi connectivity index (χ3n) is 5.83. The van der Waals surface area contributed by atoms with Crippen LogP contribution in [0.3, 0.4) is 0 Å². The van der Waals surface area contributed by atoms with Crippen LogP contribution in [0.15, 0.2) is 30.6 Å². The first-order valence-corrected chi connectivity index (χ1v) is 10.4. The van der Waals surface area contributed by atoms with Crippen molar-refractivity contribution in [1.82, 2.24) is 20.2 Å². The fraction of sp³-hybridized carbons (Fsp3) is 0.409. The molecule has 2 aromatic rings. The van der Waals surface area contributed by atoms with Gasteiger partial charge in [0.05, 0.1) is 5.92 Å². The number of carbonyl (C=O) groups is 3. The number of aromatic nitrogens is 2. The van der Waals surface area contributed by atoms with E-state index >= 15 is 0 Å². The summed E-state index contributed by atoms with van der Waals surface area (Å²) in [7, 11) is 0. The van der Waals surface area contributed by atoms with Gasteiger partial charge in [-0.05, 0) is 43.7 Å². The van der Waals surface area contributed by atoms with E-state index in [0.717, 1.165) is 12.8 Å². The van der Waals surface area contributed by atoms with Crippen molar-refractivity contribution in [3.05, 3.63) is 53.0 Å². The number of likely N-dealkylation sites (tertiary alicyclic amines) is 1. The molecule has 31 heavy (non-hydrogen) atoms. The molecule has 2 heterocycles. The lowest BCUT2D eigenvalue weighted by Crippen LogP contribution is -2.44. The highest BCUT2D eigenvalue weighted by Gasteiger charge is 2.30. The van der Waals surface area contributed by atoms with E-state index in [0.29, 0.717) is 19.4 Å². The molecule has 0 bridgehead atoms. The fourth-order valence-corrected chi connectivity index (χ4v) is 4.24. The second-order valence-electron chi connectivity index (χ2n) is 8.16. The number of amides is 3. The summed E-state index contributed by atoms with van der Waals surface area (Å²) >= 11 is 0. The molecule has 2 aliphatic rings. The monoisotopic (exact) mass is 423 g/mol. The Morgan fingerprint density at radius 3 is 2.71 bits per heavy atom. The Morgan fingerprint density at radius 2 is 1.90 bits per heavy atom. The number of carboxylic acid groups (broad SMARTS) is 1.